The zero-order valence-corrected chi connectivity index (χ0v) is 14.9. The van der Waals surface area contributed by atoms with E-state index in [1.54, 1.807) is 0 Å². The summed E-state index contributed by atoms with van der Waals surface area (Å²) in [6.45, 7) is 15.0. The molecule has 2 aromatic rings. The lowest BCUT2D eigenvalue weighted by molar-refractivity contribution is -0.699. The molecule has 0 fully saturated rings. The van der Waals surface area contributed by atoms with E-state index in [1.807, 2.05) is 26.0 Å². The number of hydrogen-bond acceptors (Lipinski definition) is 1. The topological polar surface area (TPSA) is 13.1 Å². The number of aryl methyl sites for hydroxylation is 1. The van der Waals surface area contributed by atoms with Gasteiger partial charge >= 0.3 is 0 Å². The molecule has 0 saturated carbocycles. The first-order valence-corrected chi connectivity index (χ1v) is 8.35. The van der Waals surface area contributed by atoms with Crippen molar-refractivity contribution in [1.29, 1.82) is 0 Å². The van der Waals surface area contributed by atoms with Crippen LogP contribution in [0.2, 0.25) is 0 Å². The van der Waals surface area contributed by atoms with Gasteiger partial charge in [0.05, 0.1) is 11.3 Å². The summed E-state index contributed by atoms with van der Waals surface area (Å²) in [7, 11) is 0. The molecule has 2 heteroatoms. The summed E-state index contributed by atoms with van der Waals surface area (Å²) in [4.78, 5) is 0. The lowest BCUT2D eigenvalue weighted by Gasteiger charge is -2.13. The van der Waals surface area contributed by atoms with Crippen LogP contribution in [0.1, 0.15) is 32.9 Å². The number of benzene rings is 1. The van der Waals surface area contributed by atoms with E-state index in [9.17, 15) is 0 Å². The van der Waals surface area contributed by atoms with Crippen LogP contribution in [0, 0.1) is 0 Å². The molecular weight excluding hydrogens is 294 g/mol. The largest absolute Gasteiger partial charge is 0.462 e. The van der Waals surface area contributed by atoms with Crippen LogP contribution < -0.4 is 4.57 Å². The third-order valence-electron chi connectivity index (χ3n) is 3.76. The number of nitrogens with zero attached hydrogens (tertiary/aromatic N) is 1. The Morgan fingerprint density at radius 2 is 1.83 bits per heavy atom. The Morgan fingerprint density at radius 1 is 1.12 bits per heavy atom. The second-order valence-electron chi connectivity index (χ2n) is 5.80. The first-order valence-electron chi connectivity index (χ1n) is 8.35. The summed E-state index contributed by atoms with van der Waals surface area (Å²) in [6.07, 6.45) is 5.12. The monoisotopic (exact) mass is 320 g/mol. The zero-order chi connectivity index (χ0) is 17.5. The predicted octanol–water partition coefficient (Wildman–Crippen LogP) is 5.52. The number of aromatic nitrogens is 1. The van der Waals surface area contributed by atoms with Gasteiger partial charge in [0.15, 0.2) is 6.20 Å². The lowest BCUT2D eigenvalue weighted by Crippen LogP contribution is -2.37. The Bertz CT molecular complexity index is 757. The first-order chi connectivity index (χ1) is 11.6. The van der Waals surface area contributed by atoms with Crippen LogP contribution >= 0.6 is 0 Å². The molecule has 0 aliphatic heterocycles. The van der Waals surface area contributed by atoms with E-state index in [2.05, 4.69) is 67.2 Å². The molecule has 2 nitrogen and oxygen atoms in total. The van der Waals surface area contributed by atoms with Crippen molar-refractivity contribution in [3.05, 3.63) is 85.1 Å². The SMILES string of the molecule is C=C(C)O/C(=C/C)C(=C)c1cc(-c2ccccc2)cc[n+]1CCC. The van der Waals surface area contributed by atoms with E-state index in [1.165, 1.54) is 11.1 Å². The van der Waals surface area contributed by atoms with Crippen LogP contribution in [0.25, 0.3) is 16.7 Å². The average Bonchev–Trinajstić information content (AvgIpc) is 2.60. The van der Waals surface area contributed by atoms with Crippen molar-refractivity contribution >= 4 is 5.57 Å². The van der Waals surface area contributed by atoms with Crippen molar-refractivity contribution in [2.75, 3.05) is 0 Å². The molecule has 0 bridgehead atoms. The Hall–Kier alpha value is -2.61. The third kappa shape index (κ3) is 4.23. The van der Waals surface area contributed by atoms with Crippen LogP contribution in [0.3, 0.4) is 0 Å². The van der Waals surface area contributed by atoms with Crippen LogP contribution in [-0.2, 0) is 11.3 Å². The second kappa shape index (κ2) is 8.30. The molecule has 0 saturated heterocycles. The Labute approximate surface area is 145 Å². The highest BCUT2D eigenvalue weighted by molar-refractivity contribution is 5.75. The Morgan fingerprint density at radius 3 is 2.42 bits per heavy atom. The number of allylic oxidation sites excluding steroid dienone is 3. The Kier molecular flexibility index (Phi) is 6.14. The summed E-state index contributed by atoms with van der Waals surface area (Å²) in [6, 6.07) is 14.7. The highest BCUT2D eigenvalue weighted by Gasteiger charge is 2.19. The van der Waals surface area contributed by atoms with E-state index in [0.717, 1.165) is 30.0 Å². The summed E-state index contributed by atoms with van der Waals surface area (Å²) in [5.74, 6) is 1.41. The van der Waals surface area contributed by atoms with E-state index in [4.69, 9.17) is 4.74 Å². The van der Waals surface area contributed by atoms with Crippen LogP contribution in [0.15, 0.2) is 79.4 Å². The molecule has 0 amide bonds. The molecule has 1 aromatic carbocycles. The molecule has 24 heavy (non-hydrogen) atoms. The molecule has 2 rings (SSSR count). The van der Waals surface area contributed by atoms with Gasteiger partial charge in [-0.15, -0.1) is 0 Å². The molecule has 1 heterocycles. The number of hydrogen-bond donors (Lipinski definition) is 0. The molecule has 0 spiro atoms. The molecule has 0 unspecified atom stereocenters. The zero-order valence-electron chi connectivity index (χ0n) is 14.9. The highest BCUT2D eigenvalue weighted by Crippen LogP contribution is 2.26. The van der Waals surface area contributed by atoms with Crippen molar-refractivity contribution in [3.8, 4) is 11.1 Å². The van der Waals surface area contributed by atoms with Gasteiger partial charge in [-0.1, -0.05) is 50.4 Å². The quantitative estimate of drug-likeness (QED) is 0.372. The number of rotatable bonds is 7. The first kappa shape index (κ1) is 17.7. The standard InChI is InChI=1S/C22H26NO/c1-6-14-23-15-13-20(19-11-9-8-10-12-19)16-21(23)18(5)22(7-2)24-17(3)4/h7-13,15-16H,3,5-6,14H2,1-2,4H3/q+1/b22-7+. The van der Waals surface area contributed by atoms with E-state index < -0.39 is 0 Å². The lowest BCUT2D eigenvalue weighted by atomic mass is 10.0. The molecule has 0 atom stereocenters. The maximum atomic E-state index is 5.75. The van der Waals surface area contributed by atoms with Crippen LogP contribution in [0.5, 0.6) is 0 Å². The van der Waals surface area contributed by atoms with Gasteiger partial charge in [0, 0.05) is 18.6 Å². The van der Waals surface area contributed by atoms with E-state index >= 15 is 0 Å². The third-order valence-corrected chi connectivity index (χ3v) is 3.76. The fourth-order valence-corrected chi connectivity index (χ4v) is 2.64. The second-order valence-corrected chi connectivity index (χ2v) is 5.80. The number of ether oxygens (including phenoxy) is 1. The smallest absolute Gasteiger partial charge is 0.216 e. The fourth-order valence-electron chi connectivity index (χ4n) is 2.64. The van der Waals surface area contributed by atoms with Crippen molar-refractivity contribution in [2.45, 2.75) is 33.7 Å². The average molecular weight is 320 g/mol. The predicted molar refractivity (Wildman–Crippen MR) is 101 cm³/mol. The van der Waals surface area contributed by atoms with E-state index in [0.29, 0.717) is 5.76 Å². The summed E-state index contributed by atoms with van der Waals surface area (Å²) in [5.41, 5.74) is 4.29. The van der Waals surface area contributed by atoms with E-state index in [-0.39, 0.29) is 0 Å². The Balaban J connectivity index is 2.49. The van der Waals surface area contributed by atoms with Crippen molar-refractivity contribution < 1.29 is 9.30 Å². The van der Waals surface area contributed by atoms with Gasteiger partial charge in [-0.05, 0) is 31.1 Å². The van der Waals surface area contributed by atoms with Crippen LogP contribution in [-0.4, -0.2) is 0 Å². The van der Waals surface area contributed by atoms with Crippen LogP contribution in [0.4, 0.5) is 0 Å². The summed E-state index contributed by atoms with van der Waals surface area (Å²) >= 11 is 0. The minimum atomic E-state index is 0.658. The molecule has 1 aromatic heterocycles. The molecule has 124 valence electrons. The number of pyridine rings is 1. The summed E-state index contributed by atoms with van der Waals surface area (Å²) < 4.78 is 7.97. The van der Waals surface area contributed by atoms with Crippen molar-refractivity contribution in [2.24, 2.45) is 0 Å². The normalized spacial score (nSPS) is 11.2. The molecule has 0 radical (unpaired) electrons. The van der Waals surface area contributed by atoms with Gasteiger partial charge in [0.25, 0.3) is 0 Å². The van der Waals surface area contributed by atoms with Gasteiger partial charge in [-0.3, -0.25) is 0 Å². The maximum absolute atomic E-state index is 5.75. The van der Waals surface area contributed by atoms with Gasteiger partial charge in [0.2, 0.25) is 5.69 Å². The van der Waals surface area contributed by atoms with Gasteiger partial charge in [-0.2, -0.15) is 4.57 Å². The van der Waals surface area contributed by atoms with Gasteiger partial charge in [-0.25, -0.2) is 0 Å². The van der Waals surface area contributed by atoms with Gasteiger partial charge < -0.3 is 4.74 Å². The minimum absolute atomic E-state index is 0.658. The van der Waals surface area contributed by atoms with Gasteiger partial charge in [0.1, 0.15) is 12.3 Å². The molecule has 0 aliphatic carbocycles. The fraction of sp³-hybridized carbons (Fsp3) is 0.227. The molecular formula is C22H26NO+. The summed E-state index contributed by atoms with van der Waals surface area (Å²) in [5, 5.41) is 0. The maximum Gasteiger partial charge on any atom is 0.216 e. The minimum Gasteiger partial charge on any atom is -0.462 e. The molecule has 0 aliphatic rings. The van der Waals surface area contributed by atoms with Crippen molar-refractivity contribution in [1.82, 2.24) is 0 Å². The van der Waals surface area contributed by atoms with Crippen molar-refractivity contribution in [3.63, 3.8) is 0 Å². The molecule has 0 N–H and O–H groups in total. The highest BCUT2D eigenvalue weighted by atomic mass is 16.5.